The van der Waals surface area contributed by atoms with Crippen LogP contribution in [-0.2, 0) is 0 Å². The van der Waals surface area contributed by atoms with E-state index in [2.05, 4.69) is 66.3 Å². The zero-order valence-electron chi connectivity index (χ0n) is 13.6. The minimum Gasteiger partial charge on any atom is -0.311 e. The maximum absolute atomic E-state index is 3.65. The molecule has 0 saturated heterocycles. The lowest BCUT2D eigenvalue weighted by molar-refractivity contribution is 0.394. The van der Waals surface area contributed by atoms with Gasteiger partial charge in [0.15, 0.2) is 0 Å². The highest BCUT2D eigenvalue weighted by Gasteiger charge is 2.18. The van der Waals surface area contributed by atoms with E-state index in [4.69, 9.17) is 0 Å². The normalized spacial score (nSPS) is 17.5. The maximum atomic E-state index is 3.65. The standard InChI is InChI=1S/C19H28BrN/c1-14(2)21-13-18(17-7-5-4-6-8-17)11-16-10-9-15(3)19(20)12-16/h9-12,14,17,21H,4-8,13H2,1-3H3/b18-11-. The lowest BCUT2D eigenvalue weighted by Crippen LogP contribution is -2.27. The molecular weight excluding hydrogens is 322 g/mol. The summed E-state index contributed by atoms with van der Waals surface area (Å²) in [6.07, 6.45) is 9.33. The van der Waals surface area contributed by atoms with Crippen LogP contribution in [0.3, 0.4) is 0 Å². The Morgan fingerprint density at radius 3 is 2.62 bits per heavy atom. The summed E-state index contributed by atoms with van der Waals surface area (Å²) in [4.78, 5) is 0. The van der Waals surface area contributed by atoms with Crippen molar-refractivity contribution >= 4 is 22.0 Å². The lowest BCUT2D eigenvalue weighted by atomic mass is 9.83. The molecule has 2 heteroatoms. The average Bonchev–Trinajstić information content (AvgIpc) is 2.48. The van der Waals surface area contributed by atoms with Gasteiger partial charge in [0, 0.05) is 17.1 Å². The quantitative estimate of drug-likeness (QED) is 0.716. The van der Waals surface area contributed by atoms with E-state index in [9.17, 15) is 0 Å². The van der Waals surface area contributed by atoms with Crippen LogP contribution in [0.2, 0.25) is 0 Å². The van der Waals surface area contributed by atoms with Crippen molar-refractivity contribution in [1.82, 2.24) is 5.32 Å². The molecule has 1 nitrogen and oxygen atoms in total. The molecule has 1 aromatic carbocycles. The first-order valence-corrected chi connectivity index (χ1v) is 9.05. The fourth-order valence-electron chi connectivity index (χ4n) is 3.02. The van der Waals surface area contributed by atoms with Crippen LogP contribution in [0.5, 0.6) is 0 Å². The zero-order chi connectivity index (χ0) is 15.2. The molecule has 0 heterocycles. The minimum absolute atomic E-state index is 0.543. The van der Waals surface area contributed by atoms with Crippen LogP contribution in [0, 0.1) is 12.8 Å². The number of rotatable bonds is 5. The van der Waals surface area contributed by atoms with Crippen LogP contribution in [0.25, 0.3) is 6.08 Å². The van der Waals surface area contributed by atoms with Crippen molar-refractivity contribution in [3.63, 3.8) is 0 Å². The predicted octanol–water partition coefficient (Wildman–Crippen LogP) is 5.72. The van der Waals surface area contributed by atoms with Crippen molar-refractivity contribution in [3.8, 4) is 0 Å². The van der Waals surface area contributed by atoms with Gasteiger partial charge in [0.25, 0.3) is 0 Å². The molecule has 1 aliphatic carbocycles. The van der Waals surface area contributed by atoms with Crippen LogP contribution in [-0.4, -0.2) is 12.6 Å². The van der Waals surface area contributed by atoms with E-state index in [-0.39, 0.29) is 0 Å². The first kappa shape index (κ1) is 16.8. The summed E-state index contributed by atoms with van der Waals surface area (Å²) in [5.41, 5.74) is 4.20. The number of hydrogen-bond acceptors (Lipinski definition) is 1. The Hall–Kier alpha value is -0.600. The van der Waals surface area contributed by atoms with Gasteiger partial charge >= 0.3 is 0 Å². The second-order valence-electron chi connectivity index (χ2n) is 6.60. The number of hydrogen-bond donors (Lipinski definition) is 1. The van der Waals surface area contributed by atoms with Gasteiger partial charge in [-0.15, -0.1) is 0 Å². The molecule has 0 amide bonds. The van der Waals surface area contributed by atoms with Crippen molar-refractivity contribution in [2.24, 2.45) is 5.92 Å². The molecule has 0 spiro atoms. The third-order valence-electron chi connectivity index (χ3n) is 4.39. The Kier molecular flexibility index (Phi) is 6.50. The SMILES string of the molecule is Cc1ccc(/C=C(/CNC(C)C)C2CCCCC2)cc1Br. The van der Waals surface area contributed by atoms with E-state index in [0.29, 0.717) is 6.04 Å². The number of aryl methyl sites for hydroxylation is 1. The summed E-state index contributed by atoms with van der Waals surface area (Å²) in [6.45, 7) is 7.61. The molecule has 0 bridgehead atoms. The highest BCUT2D eigenvalue weighted by molar-refractivity contribution is 9.10. The monoisotopic (exact) mass is 349 g/mol. The molecule has 0 aromatic heterocycles. The van der Waals surface area contributed by atoms with Crippen LogP contribution in [0.1, 0.15) is 57.1 Å². The Morgan fingerprint density at radius 2 is 2.00 bits per heavy atom. The summed E-state index contributed by atoms with van der Waals surface area (Å²) in [7, 11) is 0. The topological polar surface area (TPSA) is 12.0 Å². The van der Waals surface area contributed by atoms with Crippen LogP contribution >= 0.6 is 15.9 Å². The smallest absolute Gasteiger partial charge is 0.0210 e. The Morgan fingerprint density at radius 1 is 1.29 bits per heavy atom. The van der Waals surface area contributed by atoms with E-state index in [1.165, 1.54) is 47.7 Å². The van der Waals surface area contributed by atoms with E-state index in [1.807, 2.05) is 0 Å². The molecule has 1 fully saturated rings. The van der Waals surface area contributed by atoms with Gasteiger partial charge in [-0.05, 0) is 42.9 Å². The Balaban J connectivity index is 2.19. The highest BCUT2D eigenvalue weighted by Crippen LogP contribution is 2.31. The second kappa shape index (κ2) is 8.14. The third-order valence-corrected chi connectivity index (χ3v) is 5.25. The zero-order valence-corrected chi connectivity index (χ0v) is 15.2. The minimum atomic E-state index is 0.543. The lowest BCUT2D eigenvalue weighted by Gasteiger charge is -2.26. The van der Waals surface area contributed by atoms with Gasteiger partial charge in [-0.25, -0.2) is 0 Å². The van der Waals surface area contributed by atoms with Gasteiger partial charge in [0.2, 0.25) is 0 Å². The van der Waals surface area contributed by atoms with Gasteiger partial charge in [0.05, 0.1) is 0 Å². The molecule has 0 aliphatic heterocycles. The molecule has 116 valence electrons. The fourth-order valence-corrected chi connectivity index (χ4v) is 3.42. The van der Waals surface area contributed by atoms with Gasteiger partial charge in [-0.1, -0.05) is 72.8 Å². The molecule has 1 N–H and O–H groups in total. The molecule has 0 radical (unpaired) electrons. The van der Waals surface area contributed by atoms with E-state index in [0.717, 1.165) is 12.5 Å². The molecule has 1 saturated carbocycles. The fraction of sp³-hybridized carbons (Fsp3) is 0.579. The van der Waals surface area contributed by atoms with Crippen LogP contribution in [0.15, 0.2) is 28.2 Å². The van der Waals surface area contributed by atoms with Crippen molar-refractivity contribution in [1.29, 1.82) is 0 Å². The van der Waals surface area contributed by atoms with Crippen molar-refractivity contribution in [3.05, 3.63) is 39.4 Å². The summed E-state index contributed by atoms with van der Waals surface area (Å²) < 4.78 is 1.20. The molecule has 0 unspecified atom stereocenters. The molecule has 1 aliphatic rings. The summed E-state index contributed by atoms with van der Waals surface area (Å²) in [5.74, 6) is 0.769. The Labute approximate surface area is 138 Å². The largest absolute Gasteiger partial charge is 0.311 e. The maximum Gasteiger partial charge on any atom is 0.0210 e. The summed E-state index contributed by atoms with van der Waals surface area (Å²) in [6, 6.07) is 7.22. The molecule has 1 aromatic rings. The van der Waals surface area contributed by atoms with Gasteiger partial charge in [0.1, 0.15) is 0 Å². The predicted molar refractivity (Wildman–Crippen MR) is 96.6 cm³/mol. The summed E-state index contributed by atoms with van der Waals surface area (Å²) >= 11 is 3.65. The second-order valence-corrected chi connectivity index (χ2v) is 7.45. The van der Waals surface area contributed by atoms with Crippen LogP contribution < -0.4 is 5.32 Å². The average molecular weight is 350 g/mol. The number of benzene rings is 1. The van der Waals surface area contributed by atoms with E-state index < -0.39 is 0 Å². The number of nitrogens with one attached hydrogen (secondary N) is 1. The first-order chi connectivity index (χ1) is 10.1. The Bertz CT molecular complexity index is 484. The summed E-state index contributed by atoms with van der Waals surface area (Å²) in [5, 5.41) is 3.61. The van der Waals surface area contributed by atoms with Gasteiger partial charge in [-0.2, -0.15) is 0 Å². The van der Waals surface area contributed by atoms with Crippen molar-refractivity contribution < 1.29 is 0 Å². The van der Waals surface area contributed by atoms with E-state index >= 15 is 0 Å². The van der Waals surface area contributed by atoms with E-state index in [1.54, 1.807) is 5.57 Å². The van der Waals surface area contributed by atoms with Gasteiger partial charge in [-0.3, -0.25) is 0 Å². The highest BCUT2D eigenvalue weighted by atomic mass is 79.9. The van der Waals surface area contributed by atoms with Crippen molar-refractivity contribution in [2.75, 3.05) is 6.54 Å². The van der Waals surface area contributed by atoms with Crippen molar-refractivity contribution in [2.45, 2.75) is 58.9 Å². The van der Waals surface area contributed by atoms with Gasteiger partial charge < -0.3 is 5.32 Å². The molecule has 2 rings (SSSR count). The van der Waals surface area contributed by atoms with Crippen LogP contribution in [0.4, 0.5) is 0 Å². The molecular formula is C19H28BrN. The molecule has 21 heavy (non-hydrogen) atoms. The third kappa shape index (κ3) is 5.27. The molecule has 0 atom stereocenters. The number of halogens is 1. The first-order valence-electron chi connectivity index (χ1n) is 8.26.